The fourth-order valence-corrected chi connectivity index (χ4v) is 2.29. The van der Waals surface area contributed by atoms with Gasteiger partial charge in [0.1, 0.15) is 12.4 Å². The van der Waals surface area contributed by atoms with Crippen molar-refractivity contribution in [2.45, 2.75) is 31.2 Å². The first-order chi connectivity index (χ1) is 10.1. The van der Waals surface area contributed by atoms with Crippen LogP contribution in [0.2, 0.25) is 0 Å². The monoisotopic (exact) mass is 455 g/mol. The highest BCUT2D eigenvalue weighted by Crippen LogP contribution is 2.15. The maximum atomic E-state index is 11.4. The molecule has 0 aliphatic rings. The molecule has 1 aromatic carbocycles. The highest BCUT2D eigenvalue weighted by molar-refractivity contribution is 14.0. The van der Waals surface area contributed by atoms with Crippen molar-refractivity contribution in [3.05, 3.63) is 24.3 Å². The van der Waals surface area contributed by atoms with Crippen LogP contribution in [-0.4, -0.2) is 46.4 Å². The number of benzene rings is 1. The second-order valence-corrected chi connectivity index (χ2v) is 7.98. The average molecular weight is 455 g/mol. The predicted octanol–water partition coefficient (Wildman–Crippen LogP) is 2.05. The third-order valence-electron chi connectivity index (χ3n) is 2.63. The van der Waals surface area contributed by atoms with E-state index in [4.69, 9.17) is 4.74 Å². The van der Waals surface area contributed by atoms with Crippen molar-refractivity contribution in [1.29, 1.82) is 0 Å². The molecule has 0 saturated heterocycles. The Labute approximate surface area is 156 Å². The van der Waals surface area contributed by atoms with Crippen molar-refractivity contribution in [3.63, 3.8) is 0 Å². The Morgan fingerprint density at radius 3 is 2.22 bits per heavy atom. The Morgan fingerprint density at radius 1 is 1.22 bits per heavy atom. The van der Waals surface area contributed by atoms with Gasteiger partial charge in [0.2, 0.25) is 0 Å². The minimum Gasteiger partial charge on any atom is -0.492 e. The molecule has 0 aromatic heterocycles. The maximum Gasteiger partial charge on any atom is 0.191 e. The minimum atomic E-state index is -3.17. The molecule has 6 nitrogen and oxygen atoms in total. The zero-order valence-electron chi connectivity index (χ0n) is 14.2. The summed E-state index contributed by atoms with van der Waals surface area (Å²) in [6.45, 7) is 7.20. The average Bonchev–Trinajstić information content (AvgIpc) is 2.40. The van der Waals surface area contributed by atoms with Gasteiger partial charge in [-0.3, -0.25) is 4.99 Å². The predicted molar refractivity (Wildman–Crippen MR) is 105 cm³/mol. The summed E-state index contributed by atoms with van der Waals surface area (Å²) in [4.78, 5) is 4.41. The van der Waals surface area contributed by atoms with Gasteiger partial charge in [-0.2, -0.15) is 0 Å². The molecule has 1 aromatic rings. The quantitative estimate of drug-likeness (QED) is 0.308. The van der Waals surface area contributed by atoms with Crippen LogP contribution >= 0.6 is 24.0 Å². The summed E-state index contributed by atoms with van der Waals surface area (Å²) in [5.41, 5.74) is -0.0653. The van der Waals surface area contributed by atoms with E-state index in [2.05, 4.69) is 36.4 Å². The molecule has 0 heterocycles. The molecule has 0 bridgehead atoms. The first-order valence-corrected chi connectivity index (χ1v) is 8.93. The van der Waals surface area contributed by atoms with E-state index in [9.17, 15) is 8.42 Å². The van der Waals surface area contributed by atoms with Crippen molar-refractivity contribution in [1.82, 2.24) is 10.6 Å². The van der Waals surface area contributed by atoms with E-state index in [0.717, 1.165) is 0 Å². The van der Waals surface area contributed by atoms with Crippen molar-refractivity contribution in [2.24, 2.45) is 4.99 Å². The van der Waals surface area contributed by atoms with E-state index >= 15 is 0 Å². The van der Waals surface area contributed by atoms with Crippen LogP contribution in [0.5, 0.6) is 5.75 Å². The molecular weight excluding hydrogens is 429 g/mol. The van der Waals surface area contributed by atoms with Crippen LogP contribution in [0.15, 0.2) is 34.2 Å². The van der Waals surface area contributed by atoms with Crippen molar-refractivity contribution in [3.8, 4) is 5.75 Å². The van der Waals surface area contributed by atoms with Gasteiger partial charge in [-0.15, -0.1) is 24.0 Å². The minimum absolute atomic E-state index is 0. The summed E-state index contributed by atoms with van der Waals surface area (Å²) in [5.74, 6) is 1.34. The number of aliphatic imine (C=N–C) groups is 1. The number of guanidine groups is 1. The van der Waals surface area contributed by atoms with Crippen LogP contribution in [-0.2, 0) is 9.84 Å². The summed E-state index contributed by atoms with van der Waals surface area (Å²) in [6.07, 6.45) is 1.18. The van der Waals surface area contributed by atoms with Gasteiger partial charge >= 0.3 is 0 Å². The Kier molecular flexibility index (Phi) is 8.89. The topological polar surface area (TPSA) is 79.8 Å². The lowest BCUT2D eigenvalue weighted by atomic mass is 10.1. The van der Waals surface area contributed by atoms with Crippen LogP contribution in [0.4, 0.5) is 0 Å². The van der Waals surface area contributed by atoms with Crippen LogP contribution in [0, 0.1) is 0 Å². The van der Waals surface area contributed by atoms with Gasteiger partial charge in [0, 0.05) is 18.8 Å². The summed E-state index contributed by atoms with van der Waals surface area (Å²) in [6, 6.07) is 6.38. The second-order valence-electron chi connectivity index (χ2n) is 5.97. The molecule has 0 unspecified atom stereocenters. The smallest absolute Gasteiger partial charge is 0.191 e. The van der Waals surface area contributed by atoms with E-state index in [0.29, 0.717) is 24.9 Å². The molecule has 8 heteroatoms. The number of hydrogen-bond acceptors (Lipinski definition) is 4. The Balaban J connectivity index is 0.00000484. The fraction of sp³-hybridized carbons (Fsp3) is 0.533. The molecule has 0 aliphatic heterocycles. The van der Waals surface area contributed by atoms with E-state index < -0.39 is 9.84 Å². The normalized spacial score (nSPS) is 12.3. The van der Waals surface area contributed by atoms with Crippen LogP contribution in [0.3, 0.4) is 0 Å². The van der Waals surface area contributed by atoms with Crippen molar-refractivity contribution in [2.75, 3.05) is 26.5 Å². The van der Waals surface area contributed by atoms with Gasteiger partial charge in [0.15, 0.2) is 15.8 Å². The van der Waals surface area contributed by atoms with Gasteiger partial charge in [0.25, 0.3) is 0 Å². The van der Waals surface area contributed by atoms with Crippen molar-refractivity contribution < 1.29 is 13.2 Å². The molecule has 0 saturated carbocycles. The Bertz CT molecular complexity index is 608. The maximum absolute atomic E-state index is 11.4. The summed E-state index contributed by atoms with van der Waals surface area (Å²) in [5, 5.41) is 6.40. The molecule has 0 fully saturated rings. The molecule has 0 amide bonds. The molecule has 132 valence electrons. The second kappa shape index (κ2) is 9.31. The standard InChI is InChI=1S/C15H25N3O3S.HI/c1-15(2,3)18-14(16-4)17-10-11-21-12-6-8-13(9-7-12)22(5,19)20;/h6-9H,10-11H2,1-5H3,(H2,16,17,18);1H. The largest absolute Gasteiger partial charge is 0.492 e. The van der Waals surface area contributed by atoms with Crippen LogP contribution in [0.1, 0.15) is 20.8 Å². The molecule has 0 radical (unpaired) electrons. The number of halogens is 1. The van der Waals surface area contributed by atoms with Crippen LogP contribution in [0.25, 0.3) is 0 Å². The molecule has 1 rings (SSSR count). The SMILES string of the molecule is CN=C(NCCOc1ccc(S(C)(=O)=O)cc1)NC(C)(C)C.I. The van der Waals surface area contributed by atoms with Gasteiger partial charge in [-0.25, -0.2) is 8.42 Å². The Morgan fingerprint density at radius 2 is 1.78 bits per heavy atom. The number of hydrogen-bond donors (Lipinski definition) is 2. The zero-order valence-corrected chi connectivity index (χ0v) is 17.4. The van der Waals surface area contributed by atoms with E-state index in [1.165, 1.54) is 18.4 Å². The first-order valence-electron chi connectivity index (χ1n) is 7.03. The lowest BCUT2D eigenvalue weighted by Crippen LogP contribution is -2.48. The lowest BCUT2D eigenvalue weighted by molar-refractivity contribution is 0.321. The van der Waals surface area contributed by atoms with Gasteiger partial charge in [-0.05, 0) is 45.0 Å². The Hall–Kier alpha value is -1.03. The van der Waals surface area contributed by atoms with Gasteiger partial charge < -0.3 is 15.4 Å². The zero-order chi connectivity index (χ0) is 16.8. The van der Waals surface area contributed by atoms with Gasteiger partial charge in [-0.1, -0.05) is 0 Å². The van der Waals surface area contributed by atoms with E-state index in [1.54, 1.807) is 19.2 Å². The summed E-state index contributed by atoms with van der Waals surface area (Å²) < 4.78 is 28.3. The van der Waals surface area contributed by atoms with E-state index in [-0.39, 0.29) is 34.4 Å². The molecule has 0 aliphatic carbocycles. The summed E-state index contributed by atoms with van der Waals surface area (Å²) in [7, 11) is -1.45. The molecule has 0 spiro atoms. The highest BCUT2D eigenvalue weighted by atomic mass is 127. The highest BCUT2D eigenvalue weighted by Gasteiger charge is 2.11. The molecular formula is C15H26IN3O3S. The number of nitrogens with one attached hydrogen (secondary N) is 2. The molecule has 23 heavy (non-hydrogen) atoms. The van der Waals surface area contributed by atoms with Gasteiger partial charge in [0.05, 0.1) is 11.4 Å². The number of ether oxygens (including phenoxy) is 1. The summed E-state index contributed by atoms with van der Waals surface area (Å²) >= 11 is 0. The van der Waals surface area contributed by atoms with Crippen molar-refractivity contribution >= 4 is 39.8 Å². The number of nitrogens with zero attached hydrogens (tertiary/aromatic N) is 1. The molecule has 0 atom stereocenters. The lowest BCUT2D eigenvalue weighted by Gasteiger charge is -2.23. The third kappa shape index (κ3) is 8.99. The first kappa shape index (κ1) is 22.0. The van der Waals surface area contributed by atoms with Crippen LogP contribution < -0.4 is 15.4 Å². The molecule has 2 N–H and O–H groups in total. The number of sulfone groups is 1. The van der Waals surface area contributed by atoms with E-state index in [1.807, 2.05) is 0 Å². The number of rotatable bonds is 5. The third-order valence-corrected chi connectivity index (χ3v) is 3.76. The fourth-order valence-electron chi connectivity index (χ4n) is 1.66.